The van der Waals surface area contributed by atoms with Crippen LogP contribution in [0.2, 0.25) is 0 Å². The molecule has 0 bridgehead atoms. The van der Waals surface area contributed by atoms with Gasteiger partial charge in [0.2, 0.25) is 0 Å². The highest BCUT2D eigenvalue weighted by atomic mass is 16.5. The third-order valence-corrected chi connectivity index (χ3v) is 4.81. The van der Waals surface area contributed by atoms with Crippen LogP contribution in [0.1, 0.15) is 24.0 Å². The molecule has 1 saturated heterocycles. The Kier molecular flexibility index (Phi) is 6.26. The Labute approximate surface area is 154 Å². The first kappa shape index (κ1) is 18.4. The van der Waals surface area contributed by atoms with Crippen molar-refractivity contribution >= 4 is 6.09 Å². The van der Waals surface area contributed by atoms with Crippen molar-refractivity contribution in [3.8, 4) is 0 Å². The molecule has 1 heterocycles. The number of likely N-dealkylation sites (tertiary alicyclic amines) is 1. The Morgan fingerprint density at radius 1 is 1.00 bits per heavy atom. The summed E-state index contributed by atoms with van der Waals surface area (Å²) >= 11 is 0. The minimum absolute atomic E-state index is 0.222. The van der Waals surface area contributed by atoms with E-state index in [1.165, 1.54) is 5.56 Å². The summed E-state index contributed by atoms with van der Waals surface area (Å²) in [5.74, 6) is 0. The van der Waals surface area contributed by atoms with E-state index in [-0.39, 0.29) is 13.2 Å². The molecule has 1 aliphatic rings. The van der Waals surface area contributed by atoms with Gasteiger partial charge in [0.05, 0.1) is 5.60 Å². The van der Waals surface area contributed by atoms with Gasteiger partial charge in [-0.3, -0.25) is 4.90 Å². The average Bonchev–Trinajstić information content (AvgIpc) is 2.68. The van der Waals surface area contributed by atoms with E-state index in [1.807, 2.05) is 48.5 Å². The Hall–Kier alpha value is -2.37. The monoisotopic (exact) mass is 354 g/mol. The fraction of sp³-hybridized carbons (Fsp3) is 0.381. The molecule has 0 radical (unpaired) electrons. The normalized spacial score (nSPS) is 16.8. The van der Waals surface area contributed by atoms with E-state index in [2.05, 4.69) is 22.3 Å². The molecule has 0 aliphatic carbocycles. The number of alkyl carbamates (subject to hydrolysis) is 1. The van der Waals surface area contributed by atoms with Crippen LogP contribution in [-0.2, 0) is 17.9 Å². The fourth-order valence-electron chi connectivity index (χ4n) is 3.16. The molecule has 0 aromatic heterocycles. The van der Waals surface area contributed by atoms with Crippen molar-refractivity contribution in [2.45, 2.75) is 31.6 Å². The third kappa shape index (κ3) is 5.58. The second-order valence-corrected chi connectivity index (χ2v) is 6.90. The molecule has 1 fully saturated rings. The number of carbonyl (C=O) groups excluding carboxylic acids is 1. The van der Waals surface area contributed by atoms with Crippen LogP contribution in [0.3, 0.4) is 0 Å². The molecular formula is C21H26N2O3. The van der Waals surface area contributed by atoms with Gasteiger partial charge in [-0.25, -0.2) is 4.79 Å². The molecule has 3 rings (SSSR count). The smallest absolute Gasteiger partial charge is 0.407 e. The predicted octanol–water partition coefficient (Wildman–Crippen LogP) is 2.94. The zero-order valence-corrected chi connectivity index (χ0v) is 14.9. The van der Waals surface area contributed by atoms with Crippen molar-refractivity contribution in [1.82, 2.24) is 10.2 Å². The lowest BCUT2D eigenvalue weighted by molar-refractivity contribution is -0.0217. The standard InChI is InChI=1S/C21H26N2O3/c24-20(26-16-19-9-5-2-6-10-19)22-17-21(25)11-13-23(14-12-21)15-18-7-3-1-4-8-18/h1-10,25H,11-17H2,(H,22,24). The molecule has 5 heteroatoms. The SMILES string of the molecule is O=C(NCC1(O)CCN(Cc2ccccc2)CC1)OCc1ccccc1. The first-order chi connectivity index (χ1) is 12.6. The van der Waals surface area contributed by atoms with Crippen LogP contribution >= 0.6 is 0 Å². The van der Waals surface area contributed by atoms with Gasteiger partial charge >= 0.3 is 6.09 Å². The third-order valence-electron chi connectivity index (χ3n) is 4.81. The maximum Gasteiger partial charge on any atom is 0.407 e. The van der Waals surface area contributed by atoms with Gasteiger partial charge in [-0.15, -0.1) is 0 Å². The lowest BCUT2D eigenvalue weighted by Gasteiger charge is -2.38. The van der Waals surface area contributed by atoms with Gasteiger partial charge in [-0.1, -0.05) is 60.7 Å². The molecule has 1 aliphatic heterocycles. The van der Waals surface area contributed by atoms with Crippen molar-refractivity contribution < 1.29 is 14.6 Å². The zero-order chi connectivity index (χ0) is 18.2. The minimum atomic E-state index is -0.862. The summed E-state index contributed by atoms with van der Waals surface area (Å²) in [5.41, 5.74) is 1.36. The van der Waals surface area contributed by atoms with E-state index in [4.69, 9.17) is 4.74 Å². The molecule has 1 amide bonds. The van der Waals surface area contributed by atoms with Crippen LogP contribution in [0.4, 0.5) is 4.79 Å². The molecule has 2 aromatic carbocycles. The van der Waals surface area contributed by atoms with Gasteiger partial charge in [-0.05, 0) is 24.0 Å². The lowest BCUT2D eigenvalue weighted by Crippen LogP contribution is -2.50. The summed E-state index contributed by atoms with van der Waals surface area (Å²) < 4.78 is 5.19. The van der Waals surface area contributed by atoms with Gasteiger partial charge in [-0.2, -0.15) is 0 Å². The molecule has 0 spiro atoms. The Morgan fingerprint density at radius 3 is 2.19 bits per heavy atom. The molecule has 5 nitrogen and oxygen atoms in total. The van der Waals surface area contributed by atoms with Gasteiger partial charge in [0.1, 0.15) is 6.61 Å². The quantitative estimate of drug-likeness (QED) is 0.837. The second kappa shape index (κ2) is 8.83. The molecule has 2 N–H and O–H groups in total. The molecule has 26 heavy (non-hydrogen) atoms. The Balaban J connectivity index is 1.38. The summed E-state index contributed by atoms with van der Waals surface area (Å²) in [6.45, 7) is 2.97. The number of nitrogens with zero attached hydrogens (tertiary/aromatic N) is 1. The van der Waals surface area contributed by atoms with Crippen LogP contribution in [0.5, 0.6) is 0 Å². The highest BCUT2D eigenvalue weighted by molar-refractivity contribution is 5.67. The first-order valence-corrected chi connectivity index (χ1v) is 9.06. The van der Waals surface area contributed by atoms with E-state index >= 15 is 0 Å². The number of piperidine rings is 1. The summed E-state index contributed by atoms with van der Waals surface area (Å²) in [5, 5.41) is 13.4. The average molecular weight is 354 g/mol. The van der Waals surface area contributed by atoms with Crippen molar-refractivity contribution in [3.63, 3.8) is 0 Å². The number of rotatable bonds is 6. The Bertz CT molecular complexity index is 683. The van der Waals surface area contributed by atoms with Crippen LogP contribution in [0.25, 0.3) is 0 Å². The van der Waals surface area contributed by atoms with E-state index in [0.717, 1.165) is 25.2 Å². The van der Waals surface area contributed by atoms with Gasteiger partial charge in [0.25, 0.3) is 0 Å². The predicted molar refractivity (Wildman–Crippen MR) is 101 cm³/mol. The number of carbonyl (C=O) groups is 1. The summed E-state index contributed by atoms with van der Waals surface area (Å²) in [4.78, 5) is 14.2. The number of aliphatic hydroxyl groups is 1. The number of ether oxygens (including phenoxy) is 1. The first-order valence-electron chi connectivity index (χ1n) is 9.06. The lowest BCUT2D eigenvalue weighted by atomic mass is 9.91. The molecule has 2 aromatic rings. The van der Waals surface area contributed by atoms with Crippen molar-refractivity contribution in [3.05, 3.63) is 71.8 Å². The van der Waals surface area contributed by atoms with Gasteiger partial charge in [0.15, 0.2) is 0 Å². The molecule has 0 unspecified atom stereocenters. The van der Waals surface area contributed by atoms with Crippen LogP contribution in [0, 0.1) is 0 Å². The Morgan fingerprint density at radius 2 is 1.58 bits per heavy atom. The molecule has 0 saturated carbocycles. The topological polar surface area (TPSA) is 61.8 Å². The minimum Gasteiger partial charge on any atom is -0.445 e. The summed E-state index contributed by atoms with van der Waals surface area (Å²) in [7, 11) is 0. The number of nitrogens with one attached hydrogen (secondary N) is 1. The van der Waals surface area contributed by atoms with Crippen LogP contribution in [0.15, 0.2) is 60.7 Å². The zero-order valence-electron chi connectivity index (χ0n) is 14.9. The van der Waals surface area contributed by atoms with E-state index in [0.29, 0.717) is 12.8 Å². The van der Waals surface area contributed by atoms with E-state index in [1.54, 1.807) is 0 Å². The molecule has 0 atom stereocenters. The summed E-state index contributed by atoms with van der Waals surface area (Å²) in [6.07, 6.45) is 0.784. The second-order valence-electron chi connectivity index (χ2n) is 6.90. The highest BCUT2D eigenvalue weighted by Gasteiger charge is 2.32. The number of amides is 1. The number of hydrogen-bond acceptors (Lipinski definition) is 4. The summed E-state index contributed by atoms with van der Waals surface area (Å²) in [6, 6.07) is 19.9. The van der Waals surface area contributed by atoms with Crippen molar-refractivity contribution in [2.75, 3.05) is 19.6 Å². The van der Waals surface area contributed by atoms with Crippen LogP contribution < -0.4 is 5.32 Å². The highest BCUT2D eigenvalue weighted by Crippen LogP contribution is 2.22. The van der Waals surface area contributed by atoms with Gasteiger partial charge < -0.3 is 15.2 Å². The largest absolute Gasteiger partial charge is 0.445 e. The van der Waals surface area contributed by atoms with Crippen LogP contribution in [-0.4, -0.2) is 41.3 Å². The van der Waals surface area contributed by atoms with E-state index in [9.17, 15) is 9.90 Å². The van der Waals surface area contributed by atoms with E-state index < -0.39 is 11.7 Å². The fourth-order valence-corrected chi connectivity index (χ4v) is 3.16. The molecular weight excluding hydrogens is 328 g/mol. The maximum absolute atomic E-state index is 11.9. The van der Waals surface area contributed by atoms with Crippen molar-refractivity contribution in [2.24, 2.45) is 0 Å². The van der Waals surface area contributed by atoms with Gasteiger partial charge in [0, 0.05) is 26.2 Å². The van der Waals surface area contributed by atoms with Crippen molar-refractivity contribution in [1.29, 1.82) is 0 Å². The number of benzene rings is 2. The number of hydrogen-bond donors (Lipinski definition) is 2. The maximum atomic E-state index is 11.9. The molecule has 138 valence electrons.